The SMILES string of the molecule is CCc1ccc(CN(C)C(=O)C2CCCCCC2N)cc1. The summed E-state index contributed by atoms with van der Waals surface area (Å²) in [5.74, 6) is 0.219. The maximum absolute atomic E-state index is 12.6. The van der Waals surface area contributed by atoms with Gasteiger partial charge in [-0.2, -0.15) is 0 Å². The summed E-state index contributed by atoms with van der Waals surface area (Å²) in [5.41, 5.74) is 8.72. The molecule has 0 saturated heterocycles. The Morgan fingerprint density at radius 3 is 2.43 bits per heavy atom. The second kappa shape index (κ2) is 7.60. The summed E-state index contributed by atoms with van der Waals surface area (Å²) in [6.45, 7) is 2.82. The van der Waals surface area contributed by atoms with Gasteiger partial charge in [-0.3, -0.25) is 4.79 Å². The maximum Gasteiger partial charge on any atom is 0.227 e. The number of amides is 1. The first-order valence-corrected chi connectivity index (χ1v) is 8.20. The average Bonchev–Trinajstić information content (AvgIpc) is 2.71. The van der Waals surface area contributed by atoms with Gasteiger partial charge >= 0.3 is 0 Å². The van der Waals surface area contributed by atoms with E-state index in [2.05, 4.69) is 31.2 Å². The molecule has 2 unspecified atom stereocenters. The van der Waals surface area contributed by atoms with Crippen molar-refractivity contribution in [1.29, 1.82) is 0 Å². The molecule has 0 bridgehead atoms. The summed E-state index contributed by atoms with van der Waals surface area (Å²) < 4.78 is 0. The van der Waals surface area contributed by atoms with E-state index in [4.69, 9.17) is 5.73 Å². The lowest BCUT2D eigenvalue weighted by Crippen LogP contribution is -2.41. The maximum atomic E-state index is 12.6. The van der Waals surface area contributed by atoms with Gasteiger partial charge < -0.3 is 10.6 Å². The number of nitrogens with zero attached hydrogens (tertiary/aromatic N) is 1. The molecule has 1 aromatic carbocycles. The van der Waals surface area contributed by atoms with Crippen LogP contribution >= 0.6 is 0 Å². The van der Waals surface area contributed by atoms with Crippen molar-refractivity contribution < 1.29 is 4.79 Å². The van der Waals surface area contributed by atoms with Crippen LogP contribution in [0.2, 0.25) is 0 Å². The molecule has 3 heteroatoms. The Bertz CT molecular complexity index is 455. The first kappa shape index (κ1) is 16.0. The fraction of sp³-hybridized carbons (Fsp3) is 0.611. The van der Waals surface area contributed by atoms with Gasteiger partial charge in [-0.1, -0.05) is 50.5 Å². The van der Waals surface area contributed by atoms with Gasteiger partial charge in [0.05, 0.1) is 5.92 Å². The minimum atomic E-state index is 0.00687. The first-order valence-electron chi connectivity index (χ1n) is 8.20. The molecule has 3 nitrogen and oxygen atoms in total. The monoisotopic (exact) mass is 288 g/mol. The molecule has 2 rings (SSSR count). The van der Waals surface area contributed by atoms with Gasteiger partial charge in [-0.15, -0.1) is 0 Å². The lowest BCUT2D eigenvalue weighted by molar-refractivity contribution is -0.135. The van der Waals surface area contributed by atoms with E-state index < -0.39 is 0 Å². The second-order valence-corrected chi connectivity index (χ2v) is 6.27. The van der Waals surface area contributed by atoms with E-state index in [1.54, 1.807) is 0 Å². The van der Waals surface area contributed by atoms with Crippen molar-refractivity contribution in [3.8, 4) is 0 Å². The highest BCUT2D eigenvalue weighted by Crippen LogP contribution is 2.24. The van der Waals surface area contributed by atoms with Crippen molar-refractivity contribution in [2.24, 2.45) is 11.7 Å². The lowest BCUT2D eigenvalue weighted by atomic mass is 9.94. The fourth-order valence-corrected chi connectivity index (χ4v) is 3.16. The first-order chi connectivity index (χ1) is 10.1. The van der Waals surface area contributed by atoms with Crippen LogP contribution in [-0.2, 0) is 17.8 Å². The minimum Gasteiger partial charge on any atom is -0.341 e. The van der Waals surface area contributed by atoms with Crippen molar-refractivity contribution in [2.45, 2.75) is 58.0 Å². The molecule has 2 atom stereocenters. The Morgan fingerprint density at radius 1 is 1.14 bits per heavy atom. The number of carbonyl (C=O) groups excluding carboxylic acids is 1. The summed E-state index contributed by atoms with van der Waals surface area (Å²) in [4.78, 5) is 14.5. The van der Waals surface area contributed by atoms with Crippen LogP contribution in [0.5, 0.6) is 0 Å². The molecular formula is C18H28N2O. The van der Waals surface area contributed by atoms with Crippen molar-refractivity contribution in [2.75, 3.05) is 7.05 Å². The van der Waals surface area contributed by atoms with E-state index in [0.717, 1.165) is 32.1 Å². The normalized spacial score (nSPS) is 22.6. The van der Waals surface area contributed by atoms with Crippen LogP contribution in [0.4, 0.5) is 0 Å². The van der Waals surface area contributed by atoms with Crippen LogP contribution in [0.1, 0.15) is 50.2 Å². The molecular weight excluding hydrogens is 260 g/mol. The van der Waals surface area contributed by atoms with Gasteiger partial charge in [0.25, 0.3) is 0 Å². The minimum absolute atomic E-state index is 0.00687. The third-order valence-corrected chi connectivity index (χ3v) is 4.61. The van der Waals surface area contributed by atoms with Gasteiger partial charge in [-0.05, 0) is 30.4 Å². The summed E-state index contributed by atoms with van der Waals surface area (Å²) >= 11 is 0. The number of hydrogen-bond donors (Lipinski definition) is 1. The number of benzene rings is 1. The predicted molar refractivity (Wildman–Crippen MR) is 86.8 cm³/mol. The fourth-order valence-electron chi connectivity index (χ4n) is 3.16. The molecule has 1 aliphatic carbocycles. The van der Waals surface area contributed by atoms with Crippen molar-refractivity contribution >= 4 is 5.91 Å². The highest BCUT2D eigenvalue weighted by molar-refractivity contribution is 5.79. The average molecular weight is 288 g/mol. The zero-order chi connectivity index (χ0) is 15.2. The third-order valence-electron chi connectivity index (χ3n) is 4.61. The smallest absolute Gasteiger partial charge is 0.227 e. The number of carbonyl (C=O) groups is 1. The highest BCUT2D eigenvalue weighted by Gasteiger charge is 2.29. The van der Waals surface area contributed by atoms with Gasteiger partial charge in [0.15, 0.2) is 0 Å². The molecule has 1 aliphatic rings. The Hall–Kier alpha value is -1.35. The van der Waals surface area contributed by atoms with E-state index in [1.807, 2.05) is 11.9 Å². The van der Waals surface area contributed by atoms with Crippen molar-refractivity contribution in [3.63, 3.8) is 0 Å². The molecule has 21 heavy (non-hydrogen) atoms. The van der Waals surface area contributed by atoms with Gasteiger partial charge in [-0.25, -0.2) is 0 Å². The third kappa shape index (κ3) is 4.31. The number of hydrogen-bond acceptors (Lipinski definition) is 2. The topological polar surface area (TPSA) is 46.3 Å². The second-order valence-electron chi connectivity index (χ2n) is 6.27. The molecule has 1 amide bonds. The summed E-state index contributed by atoms with van der Waals surface area (Å²) in [7, 11) is 1.90. The summed E-state index contributed by atoms with van der Waals surface area (Å²) in [5, 5.41) is 0. The Kier molecular flexibility index (Phi) is 5.80. The van der Waals surface area contributed by atoms with Gasteiger partial charge in [0.1, 0.15) is 0 Å². The Morgan fingerprint density at radius 2 is 1.76 bits per heavy atom. The van der Waals surface area contributed by atoms with Crippen LogP contribution in [0.25, 0.3) is 0 Å². The van der Waals surface area contributed by atoms with Gasteiger partial charge in [0, 0.05) is 19.6 Å². The van der Waals surface area contributed by atoms with E-state index in [-0.39, 0.29) is 17.9 Å². The van der Waals surface area contributed by atoms with Crippen LogP contribution in [0.3, 0.4) is 0 Å². The summed E-state index contributed by atoms with van der Waals surface area (Å²) in [6, 6.07) is 8.56. The van der Waals surface area contributed by atoms with E-state index in [9.17, 15) is 4.79 Å². The molecule has 1 fully saturated rings. The molecule has 2 N–H and O–H groups in total. The molecule has 0 aliphatic heterocycles. The number of rotatable bonds is 4. The van der Waals surface area contributed by atoms with Crippen LogP contribution in [0, 0.1) is 5.92 Å². The van der Waals surface area contributed by atoms with Crippen LogP contribution < -0.4 is 5.73 Å². The molecule has 0 radical (unpaired) electrons. The number of aryl methyl sites for hydroxylation is 1. The predicted octanol–water partition coefficient (Wildman–Crippen LogP) is 3.12. The van der Waals surface area contributed by atoms with Crippen molar-refractivity contribution in [3.05, 3.63) is 35.4 Å². The molecule has 0 heterocycles. The largest absolute Gasteiger partial charge is 0.341 e. The van der Waals surface area contributed by atoms with Gasteiger partial charge in [0.2, 0.25) is 5.91 Å². The quantitative estimate of drug-likeness (QED) is 0.865. The highest BCUT2D eigenvalue weighted by atomic mass is 16.2. The molecule has 1 saturated carbocycles. The zero-order valence-corrected chi connectivity index (χ0v) is 13.3. The van der Waals surface area contributed by atoms with E-state index >= 15 is 0 Å². The van der Waals surface area contributed by atoms with E-state index in [0.29, 0.717) is 6.54 Å². The Balaban J connectivity index is 1.97. The van der Waals surface area contributed by atoms with Crippen molar-refractivity contribution in [1.82, 2.24) is 4.90 Å². The zero-order valence-electron chi connectivity index (χ0n) is 13.3. The molecule has 0 spiro atoms. The Labute approximate surface area is 128 Å². The molecule has 116 valence electrons. The molecule has 1 aromatic rings. The molecule has 0 aromatic heterocycles. The van der Waals surface area contributed by atoms with E-state index in [1.165, 1.54) is 17.5 Å². The van der Waals surface area contributed by atoms with Crippen LogP contribution in [0.15, 0.2) is 24.3 Å². The number of nitrogens with two attached hydrogens (primary N) is 1. The van der Waals surface area contributed by atoms with Crippen LogP contribution in [-0.4, -0.2) is 23.9 Å². The summed E-state index contributed by atoms with van der Waals surface area (Å²) in [6.07, 6.45) is 6.47. The lowest BCUT2D eigenvalue weighted by Gasteiger charge is -2.26. The standard InChI is InChI=1S/C18H28N2O/c1-3-14-9-11-15(12-10-14)13-20(2)18(21)16-7-5-4-6-8-17(16)19/h9-12,16-17H,3-8,13,19H2,1-2H3.